The number of hydrogen-bond donors (Lipinski definition) is 2. The van der Waals surface area contributed by atoms with E-state index in [-0.39, 0.29) is 11.3 Å². The molecule has 0 bridgehead atoms. The topological polar surface area (TPSA) is 56.7 Å². The summed E-state index contributed by atoms with van der Waals surface area (Å²) in [5.74, 6) is 1.08. The normalized spacial score (nSPS) is 17.4. The molecule has 5 nitrogen and oxygen atoms in total. The van der Waals surface area contributed by atoms with Crippen LogP contribution < -0.4 is 10.6 Å². The van der Waals surface area contributed by atoms with Crippen LogP contribution in [0.3, 0.4) is 0 Å². The molecule has 0 aromatic carbocycles. The van der Waals surface area contributed by atoms with E-state index in [4.69, 9.17) is 4.99 Å². The number of carbonyl (C=O) groups is 1. The molecule has 2 N–H and O–H groups in total. The summed E-state index contributed by atoms with van der Waals surface area (Å²) in [6.45, 7) is 6.64. The van der Waals surface area contributed by atoms with Crippen molar-refractivity contribution in [3.8, 4) is 0 Å². The lowest BCUT2D eigenvalue weighted by atomic mass is 9.85. The summed E-state index contributed by atoms with van der Waals surface area (Å²) in [4.78, 5) is 19.0. The molecule has 1 aliphatic carbocycles. The summed E-state index contributed by atoms with van der Waals surface area (Å²) >= 11 is 0. The number of amides is 1. The van der Waals surface area contributed by atoms with Gasteiger partial charge in [-0.2, -0.15) is 0 Å². The summed E-state index contributed by atoms with van der Waals surface area (Å²) < 4.78 is 0. The second-order valence-electron chi connectivity index (χ2n) is 6.52. The van der Waals surface area contributed by atoms with E-state index in [1.54, 1.807) is 4.90 Å². The molecule has 0 spiro atoms. The minimum atomic E-state index is -0.282. The van der Waals surface area contributed by atoms with Crippen LogP contribution >= 0.6 is 0 Å². The van der Waals surface area contributed by atoms with Crippen molar-refractivity contribution in [2.75, 3.05) is 33.7 Å². The first-order valence-electron chi connectivity index (χ1n) is 8.79. The number of guanidine groups is 1. The number of rotatable bonds is 8. The molecule has 1 aliphatic rings. The highest BCUT2D eigenvalue weighted by Crippen LogP contribution is 2.39. The molecule has 1 fully saturated rings. The van der Waals surface area contributed by atoms with Gasteiger partial charge in [-0.05, 0) is 26.2 Å². The third-order valence-electron chi connectivity index (χ3n) is 4.38. The minimum Gasteiger partial charge on any atom is -0.357 e. The third kappa shape index (κ3) is 5.50. The molecule has 0 heterocycles. The molecule has 1 rings (SSSR count). The fourth-order valence-corrected chi connectivity index (χ4v) is 3.12. The van der Waals surface area contributed by atoms with Crippen LogP contribution in [0, 0.1) is 5.41 Å². The van der Waals surface area contributed by atoms with Gasteiger partial charge < -0.3 is 15.5 Å². The summed E-state index contributed by atoms with van der Waals surface area (Å²) in [6, 6.07) is 0. The van der Waals surface area contributed by atoms with Gasteiger partial charge in [0, 0.05) is 27.2 Å². The van der Waals surface area contributed by atoms with E-state index >= 15 is 0 Å². The fourth-order valence-electron chi connectivity index (χ4n) is 3.12. The average Bonchev–Trinajstić information content (AvgIpc) is 2.98. The zero-order valence-corrected chi connectivity index (χ0v) is 14.9. The van der Waals surface area contributed by atoms with Gasteiger partial charge in [0.25, 0.3) is 0 Å². The van der Waals surface area contributed by atoms with E-state index in [2.05, 4.69) is 24.5 Å². The number of nitrogens with one attached hydrogen (secondary N) is 2. The van der Waals surface area contributed by atoms with Crippen molar-refractivity contribution in [2.45, 2.75) is 58.8 Å². The van der Waals surface area contributed by atoms with Gasteiger partial charge in [0.1, 0.15) is 0 Å². The predicted octanol–water partition coefficient (Wildman–Crippen LogP) is 2.38. The number of aliphatic imine (C=N–C) groups is 1. The van der Waals surface area contributed by atoms with Crippen molar-refractivity contribution in [1.29, 1.82) is 0 Å². The van der Waals surface area contributed by atoms with Crippen LogP contribution in [0.15, 0.2) is 4.99 Å². The number of unbranched alkanes of at least 4 members (excludes halogenated alkanes) is 2. The third-order valence-corrected chi connectivity index (χ3v) is 4.38. The molecular formula is C17H34N4O. The van der Waals surface area contributed by atoms with Crippen molar-refractivity contribution in [3.63, 3.8) is 0 Å². The highest BCUT2D eigenvalue weighted by atomic mass is 16.2. The molecule has 128 valence electrons. The van der Waals surface area contributed by atoms with Gasteiger partial charge in [-0.1, -0.05) is 32.6 Å². The minimum absolute atomic E-state index is 0.232. The van der Waals surface area contributed by atoms with Crippen LogP contribution in [0.1, 0.15) is 58.8 Å². The van der Waals surface area contributed by atoms with Crippen molar-refractivity contribution in [1.82, 2.24) is 15.5 Å². The Labute approximate surface area is 135 Å². The Balaban J connectivity index is 2.66. The Morgan fingerprint density at radius 2 is 1.82 bits per heavy atom. The van der Waals surface area contributed by atoms with Crippen molar-refractivity contribution in [3.05, 3.63) is 0 Å². The zero-order valence-electron chi connectivity index (χ0n) is 14.9. The summed E-state index contributed by atoms with van der Waals surface area (Å²) in [7, 11) is 3.70. The van der Waals surface area contributed by atoms with Gasteiger partial charge in [0.05, 0.1) is 12.0 Å². The molecule has 1 amide bonds. The monoisotopic (exact) mass is 310 g/mol. The largest absolute Gasteiger partial charge is 0.357 e. The second kappa shape index (κ2) is 9.70. The van der Waals surface area contributed by atoms with Crippen LogP contribution in [-0.2, 0) is 4.79 Å². The maximum absolute atomic E-state index is 12.6. The predicted molar refractivity (Wildman–Crippen MR) is 93.1 cm³/mol. The lowest BCUT2D eigenvalue weighted by molar-refractivity contribution is -0.138. The smallest absolute Gasteiger partial charge is 0.230 e. The summed E-state index contributed by atoms with van der Waals surface area (Å²) in [6.07, 6.45) is 7.80. The molecular weight excluding hydrogens is 276 g/mol. The SMILES string of the molecule is CCCCCNC(=NCC1(C(=O)N(C)C)CCCC1)NCC. The lowest BCUT2D eigenvalue weighted by Crippen LogP contribution is -2.43. The molecule has 0 aromatic heterocycles. The Hall–Kier alpha value is -1.26. The van der Waals surface area contributed by atoms with Gasteiger partial charge in [0.2, 0.25) is 5.91 Å². The molecule has 0 atom stereocenters. The highest BCUT2D eigenvalue weighted by molar-refractivity contribution is 5.84. The Morgan fingerprint density at radius 3 is 2.36 bits per heavy atom. The van der Waals surface area contributed by atoms with Gasteiger partial charge in [-0.3, -0.25) is 9.79 Å². The Kier molecular flexibility index (Phi) is 8.28. The molecule has 0 radical (unpaired) electrons. The maximum Gasteiger partial charge on any atom is 0.230 e. The first-order chi connectivity index (χ1) is 10.6. The van der Waals surface area contributed by atoms with Crippen molar-refractivity contribution >= 4 is 11.9 Å². The van der Waals surface area contributed by atoms with E-state index < -0.39 is 0 Å². The highest BCUT2D eigenvalue weighted by Gasteiger charge is 2.41. The standard InChI is InChI=1S/C17H34N4O/c1-5-7-10-13-19-16(18-6-2)20-14-17(11-8-9-12-17)15(22)21(3)4/h5-14H2,1-4H3,(H2,18,19,20). The maximum atomic E-state index is 12.6. The van der Waals surface area contributed by atoms with Crippen LogP contribution in [0.4, 0.5) is 0 Å². The molecule has 1 saturated carbocycles. The quantitative estimate of drug-likeness (QED) is 0.411. The van der Waals surface area contributed by atoms with Gasteiger partial charge >= 0.3 is 0 Å². The lowest BCUT2D eigenvalue weighted by Gasteiger charge is -2.29. The van der Waals surface area contributed by atoms with Crippen LogP contribution in [0.5, 0.6) is 0 Å². The van der Waals surface area contributed by atoms with Crippen LogP contribution in [0.25, 0.3) is 0 Å². The summed E-state index contributed by atoms with van der Waals surface area (Å²) in [5, 5.41) is 6.66. The molecule has 0 aliphatic heterocycles. The first kappa shape index (κ1) is 18.8. The zero-order chi connectivity index (χ0) is 16.4. The van der Waals surface area contributed by atoms with Crippen LogP contribution in [0.2, 0.25) is 0 Å². The van der Waals surface area contributed by atoms with Crippen molar-refractivity contribution < 1.29 is 4.79 Å². The number of carbonyl (C=O) groups excluding carboxylic acids is 1. The molecule has 0 saturated heterocycles. The molecule has 0 aromatic rings. The van der Waals surface area contributed by atoms with Crippen LogP contribution in [-0.4, -0.2) is 50.5 Å². The molecule has 0 unspecified atom stereocenters. The first-order valence-corrected chi connectivity index (χ1v) is 8.79. The van der Waals surface area contributed by atoms with Gasteiger partial charge in [-0.25, -0.2) is 0 Å². The molecule has 22 heavy (non-hydrogen) atoms. The summed E-state index contributed by atoms with van der Waals surface area (Å²) in [5.41, 5.74) is -0.282. The van der Waals surface area contributed by atoms with E-state index in [9.17, 15) is 4.79 Å². The van der Waals surface area contributed by atoms with Gasteiger partial charge in [-0.15, -0.1) is 0 Å². The average molecular weight is 310 g/mol. The Morgan fingerprint density at radius 1 is 1.14 bits per heavy atom. The molecule has 5 heteroatoms. The second-order valence-corrected chi connectivity index (χ2v) is 6.52. The van der Waals surface area contributed by atoms with E-state index in [0.29, 0.717) is 6.54 Å². The van der Waals surface area contributed by atoms with E-state index in [1.807, 2.05) is 14.1 Å². The number of hydrogen-bond acceptors (Lipinski definition) is 2. The van der Waals surface area contributed by atoms with E-state index in [1.165, 1.54) is 12.8 Å². The Bertz CT molecular complexity index is 360. The van der Waals surface area contributed by atoms with Gasteiger partial charge in [0.15, 0.2) is 5.96 Å². The van der Waals surface area contributed by atoms with Crippen molar-refractivity contribution in [2.24, 2.45) is 10.4 Å². The van der Waals surface area contributed by atoms with E-state index in [0.717, 1.165) is 51.2 Å². The number of nitrogens with zero attached hydrogens (tertiary/aromatic N) is 2. The fraction of sp³-hybridized carbons (Fsp3) is 0.882.